The minimum Gasteiger partial charge on any atom is -0.378 e. The maximum atomic E-state index is 5.47. The summed E-state index contributed by atoms with van der Waals surface area (Å²) in [5.74, 6) is 1.77. The lowest BCUT2D eigenvalue weighted by molar-refractivity contribution is 0.122. The van der Waals surface area contributed by atoms with Crippen molar-refractivity contribution in [3.05, 3.63) is 35.5 Å². The van der Waals surface area contributed by atoms with Crippen molar-refractivity contribution in [3.8, 4) is 0 Å². The first-order valence-electron chi connectivity index (χ1n) is 8.60. The number of morpholine rings is 1. The van der Waals surface area contributed by atoms with Crippen LogP contribution in [-0.2, 0) is 11.3 Å². The van der Waals surface area contributed by atoms with Gasteiger partial charge in [-0.15, -0.1) is 0 Å². The van der Waals surface area contributed by atoms with Crippen LogP contribution in [0.2, 0.25) is 0 Å². The zero-order valence-corrected chi connectivity index (χ0v) is 14.0. The van der Waals surface area contributed by atoms with Crippen LogP contribution in [0.5, 0.6) is 0 Å². The summed E-state index contributed by atoms with van der Waals surface area (Å²) in [5, 5.41) is 4.02. The van der Waals surface area contributed by atoms with Gasteiger partial charge in [-0.25, -0.2) is 9.97 Å². The summed E-state index contributed by atoms with van der Waals surface area (Å²) in [4.78, 5) is 13.7. The number of rotatable bonds is 4. The SMILES string of the molecule is Cc1cc([C@H]2CCCN2Cc2cnc(N3CCOCC3)nc2)on1. The Morgan fingerprint density at radius 3 is 2.67 bits per heavy atom. The van der Waals surface area contributed by atoms with Crippen LogP contribution >= 0.6 is 0 Å². The highest BCUT2D eigenvalue weighted by atomic mass is 16.5. The van der Waals surface area contributed by atoms with Crippen molar-refractivity contribution in [2.24, 2.45) is 0 Å². The first-order chi connectivity index (χ1) is 11.8. The number of ether oxygens (including phenoxy) is 1. The predicted molar refractivity (Wildman–Crippen MR) is 88.7 cm³/mol. The Morgan fingerprint density at radius 1 is 1.17 bits per heavy atom. The number of nitrogens with zero attached hydrogens (tertiary/aromatic N) is 5. The third-order valence-electron chi connectivity index (χ3n) is 4.71. The molecule has 1 atom stereocenters. The molecule has 4 rings (SSSR count). The van der Waals surface area contributed by atoms with Crippen LogP contribution in [-0.4, -0.2) is 52.9 Å². The normalized spacial score (nSPS) is 22.2. The largest absolute Gasteiger partial charge is 0.378 e. The molecule has 2 aromatic heterocycles. The number of hydrogen-bond acceptors (Lipinski definition) is 7. The van der Waals surface area contributed by atoms with E-state index in [1.807, 2.05) is 25.4 Å². The van der Waals surface area contributed by atoms with Crippen LogP contribution in [0.15, 0.2) is 23.0 Å². The highest BCUT2D eigenvalue weighted by Gasteiger charge is 2.29. The lowest BCUT2D eigenvalue weighted by atomic mass is 10.1. The van der Waals surface area contributed by atoms with Crippen molar-refractivity contribution in [1.82, 2.24) is 20.0 Å². The van der Waals surface area contributed by atoms with Crippen LogP contribution in [0, 0.1) is 6.92 Å². The molecule has 0 unspecified atom stereocenters. The van der Waals surface area contributed by atoms with Gasteiger partial charge in [0.1, 0.15) is 0 Å². The van der Waals surface area contributed by atoms with Crippen LogP contribution < -0.4 is 4.90 Å². The third kappa shape index (κ3) is 3.27. The Bertz CT molecular complexity index is 666. The number of hydrogen-bond donors (Lipinski definition) is 0. The van der Waals surface area contributed by atoms with Gasteiger partial charge in [0.05, 0.1) is 24.9 Å². The second kappa shape index (κ2) is 6.86. The molecule has 0 spiro atoms. The molecule has 24 heavy (non-hydrogen) atoms. The summed E-state index contributed by atoms with van der Waals surface area (Å²) in [6.07, 6.45) is 6.18. The molecule has 2 fully saturated rings. The predicted octanol–water partition coefficient (Wildman–Crippen LogP) is 1.95. The summed E-state index contributed by atoms with van der Waals surface area (Å²) < 4.78 is 10.8. The summed E-state index contributed by atoms with van der Waals surface area (Å²) in [5.41, 5.74) is 2.07. The van der Waals surface area contributed by atoms with Gasteiger partial charge in [0.15, 0.2) is 5.76 Å². The highest BCUT2D eigenvalue weighted by Crippen LogP contribution is 2.33. The van der Waals surface area contributed by atoms with Crippen molar-refractivity contribution in [3.63, 3.8) is 0 Å². The third-order valence-corrected chi connectivity index (χ3v) is 4.71. The van der Waals surface area contributed by atoms with Gasteiger partial charge in [-0.3, -0.25) is 4.90 Å². The average Bonchev–Trinajstić information content (AvgIpc) is 3.25. The Labute approximate surface area is 141 Å². The standard InChI is InChI=1S/C17H23N5O2/c1-13-9-16(24-20-13)15-3-2-4-22(15)12-14-10-18-17(19-11-14)21-5-7-23-8-6-21/h9-11,15H,2-8,12H2,1H3/t15-/m1/s1. The van der Waals surface area contributed by atoms with E-state index in [0.29, 0.717) is 6.04 Å². The molecule has 0 bridgehead atoms. The van der Waals surface area contributed by atoms with Crippen molar-refractivity contribution in [1.29, 1.82) is 0 Å². The van der Waals surface area contributed by atoms with Crippen LogP contribution in [0.1, 0.15) is 35.9 Å². The van der Waals surface area contributed by atoms with Crippen molar-refractivity contribution >= 4 is 5.95 Å². The summed E-state index contributed by atoms with van der Waals surface area (Å²) >= 11 is 0. The van der Waals surface area contributed by atoms with Crippen LogP contribution in [0.3, 0.4) is 0 Å². The topological polar surface area (TPSA) is 67.5 Å². The maximum Gasteiger partial charge on any atom is 0.225 e. The van der Waals surface area contributed by atoms with E-state index in [4.69, 9.17) is 9.26 Å². The molecule has 0 aliphatic carbocycles. The lowest BCUT2D eigenvalue weighted by Gasteiger charge is -2.27. The minimum atomic E-state index is 0.310. The first-order valence-corrected chi connectivity index (χ1v) is 8.60. The van der Waals surface area contributed by atoms with E-state index in [2.05, 4.69) is 24.9 Å². The summed E-state index contributed by atoms with van der Waals surface area (Å²) in [6.45, 7) is 7.08. The highest BCUT2D eigenvalue weighted by molar-refractivity contribution is 5.30. The van der Waals surface area contributed by atoms with E-state index in [-0.39, 0.29) is 0 Å². The lowest BCUT2D eigenvalue weighted by Crippen LogP contribution is -2.37. The van der Waals surface area contributed by atoms with Crippen molar-refractivity contribution in [2.75, 3.05) is 37.7 Å². The molecule has 128 valence electrons. The van der Waals surface area contributed by atoms with Gasteiger partial charge < -0.3 is 14.2 Å². The average molecular weight is 329 g/mol. The van der Waals surface area contributed by atoms with Gasteiger partial charge in [-0.05, 0) is 26.3 Å². The molecular formula is C17H23N5O2. The Kier molecular flexibility index (Phi) is 4.44. The number of likely N-dealkylation sites (tertiary alicyclic amines) is 1. The summed E-state index contributed by atoms with van der Waals surface area (Å²) in [7, 11) is 0. The Hall–Kier alpha value is -1.99. The van der Waals surface area contributed by atoms with Crippen LogP contribution in [0.25, 0.3) is 0 Å². The molecule has 7 heteroatoms. The fraction of sp³-hybridized carbons (Fsp3) is 0.588. The molecule has 0 saturated carbocycles. The molecule has 2 aliphatic heterocycles. The fourth-order valence-corrected chi connectivity index (χ4v) is 3.47. The Balaban J connectivity index is 1.42. The smallest absolute Gasteiger partial charge is 0.225 e. The quantitative estimate of drug-likeness (QED) is 0.849. The van der Waals surface area contributed by atoms with Gasteiger partial charge >= 0.3 is 0 Å². The van der Waals surface area contributed by atoms with Crippen molar-refractivity contribution < 1.29 is 9.26 Å². The molecule has 2 saturated heterocycles. The van der Waals surface area contributed by atoms with E-state index < -0.39 is 0 Å². The molecule has 4 heterocycles. The summed E-state index contributed by atoms with van der Waals surface area (Å²) in [6, 6.07) is 2.35. The number of aryl methyl sites for hydroxylation is 1. The minimum absolute atomic E-state index is 0.310. The molecule has 7 nitrogen and oxygen atoms in total. The van der Waals surface area contributed by atoms with Gasteiger partial charge in [0.25, 0.3) is 0 Å². The van der Waals surface area contributed by atoms with E-state index in [1.165, 1.54) is 6.42 Å². The maximum absolute atomic E-state index is 5.47. The van der Waals surface area contributed by atoms with E-state index in [9.17, 15) is 0 Å². The number of anilines is 1. The zero-order chi connectivity index (χ0) is 16.4. The fourth-order valence-electron chi connectivity index (χ4n) is 3.47. The second-order valence-electron chi connectivity index (χ2n) is 6.49. The molecule has 0 amide bonds. The first kappa shape index (κ1) is 15.5. The molecule has 0 radical (unpaired) electrons. The van der Waals surface area contributed by atoms with E-state index in [0.717, 1.165) is 68.8 Å². The molecule has 0 N–H and O–H groups in total. The molecular weight excluding hydrogens is 306 g/mol. The molecule has 2 aromatic rings. The number of aromatic nitrogens is 3. The zero-order valence-electron chi connectivity index (χ0n) is 14.0. The van der Waals surface area contributed by atoms with Gasteiger partial charge in [0.2, 0.25) is 5.95 Å². The van der Waals surface area contributed by atoms with Gasteiger partial charge in [-0.2, -0.15) is 0 Å². The van der Waals surface area contributed by atoms with E-state index >= 15 is 0 Å². The molecule has 0 aromatic carbocycles. The van der Waals surface area contributed by atoms with Gasteiger partial charge in [0, 0.05) is 43.7 Å². The Morgan fingerprint density at radius 2 is 1.96 bits per heavy atom. The van der Waals surface area contributed by atoms with Crippen molar-refractivity contribution in [2.45, 2.75) is 32.4 Å². The van der Waals surface area contributed by atoms with Crippen LogP contribution in [0.4, 0.5) is 5.95 Å². The molecule has 2 aliphatic rings. The van der Waals surface area contributed by atoms with Gasteiger partial charge in [-0.1, -0.05) is 5.16 Å². The van der Waals surface area contributed by atoms with E-state index in [1.54, 1.807) is 0 Å². The second-order valence-corrected chi connectivity index (χ2v) is 6.49. The monoisotopic (exact) mass is 329 g/mol.